The Labute approximate surface area is 201 Å². The Morgan fingerprint density at radius 1 is 1.00 bits per heavy atom. The van der Waals surface area contributed by atoms with E-state index in [0.717, 1.165) is 22.8 Å². The molecule has 1 fully saturated rings. The summed E-state index contributed by atoms with van der Waals surface area (Å²) in [4.78, 5) is 18.4. The highest BCUT2D eigenvalue weighted by Crippen LogP contribution is 2.42. The van der Waals surface area contributed by atoms with Crippen LogP contribution in [0.1, 0.15) is 33.8 Å². The van der Waals surface area contributed by atoms with Crippen molar-refractivity contribution in [3.05, 3.63) is 114 Å². The molecule has 170 valence electrons. The molecule has 0 aliphatic carbocycles. The van der Waals surface area contributed by atoms with Crippen molar-refractivity contribution in [2.24, 2.45) is 0 Å². The molecule has 0 radical (unpaired) electrons. The Bertz CT molecular complexity index is 1320. The van der Waals surface area contributed by atoms with Gasteiger partial charge in [-0.25, -0.2) is 9.18 Å². The highest BCUT2D eigenvalue weighted by molar-refractivity contribution is 7.80. The smallest absolute Gasteiger partial charge is 0.337 e. The molecule has 1 saturated heterocycles. The van der Waals surface area contributed by atoms with Crippen molar-refractivity contribution >= 4 is 29.0 Å². The first-order valence-electron chi connectivity index (χ1n) is 10.7. The molecule has 0 bridgehead atoms. The largest absolute Gasteiger partial charge is 0.465 e. The van der Waals surface area contributed by atoms with Crippen LogP contribution in [0.4, 0.5) is 10.1 Å². The second kappa shape index (κ2) is 9.07. The Morgan fingerprint density at radius 3 is 2.41 bits per heavy atom. The second-order valence-corrected chi connectivity index (χ2v) is 8.20. The molecule has 0 spiro atoms. The van der Waals surface area contributed by atoms with Crippen molar-refractivity contribution in [1.82, 2.24) is 14.9 Å². The highest BCUT2D eigenvalue weighted by atomic mass is 32.1. The standard InChI is InChI=1S/C26H21FN4O2S/c1-33-25(32)17-7-11-19(12-8-17)30-16-4-6-22(30)24-23(21-5-2-3-15-28-21)29-26(34)31(24)20-13-9-18(27)10-14-20/h2-16,23-24H,1H3,(H,29,34)/t23-,24+/m0/s1. The molecule has 1 N–H and O–H groups in total. The van der Waals surface area contributed by atoms with Crippen molar-refractivity contribution in [3.8, 4) is 5.69 Å². The summed E-state index contributed by atoms with van der Waals surface area (Å²) in [5.74, 6) is -0.698. The van der Waals surface area contributed by atoms with Gasteiger partial charge in [-0.15, -0.1) is 0 Å². The summed E-state index contributed by atoms with van der Waals surface area (Å²) in [5, 5.41) is 3.94. The molecule has 0 unspecified atom stereocenters. The Hall–Kier alpha value is -4.04. The number of hydrogen-bond donors (Lipinski definition) is 1. The minimum Gasteiger partial charge on any atom is -0.465 e. The van der Waals surface area contributed by atoms with E-state index in [0.29, 0.717) is 10.7 Å². The molecule has 5 rings (SSSR count). The summed E-state index contributed by atoms with van der Waals surface area (Å²) < 4.78 is 20.5. The van der Waals surface area contributed by atoms with Gasteiger partial charge in [0.25, 0.3) is 0 Å². The molecule has 2 aromatic heterocycles. The van der Waals surface area contributed by atoms with Crippen molar-refractivity contribution in [2.75, 3.05) is 12.0 Å². The van der Waals surface area contributed by atoms with Crippen LogP contribution in [0.5, 0.6) is 0 Å². The molecule has 6 nitrogen and oxygen atoms in total. The lowest BCUT2D eigenvalue weighted by atomic mass is 10.0. The van der Waals surface area contributed by atoms with Gasteiger partial charge in [-0.05, 0) is 85.0 Å². The normalized spacial score (nSPS) is 17.5. The lowest BCUT2D eigenvalue weighted by Crippen LogP contribution is -2.30. The molecule has 0 amide bonds. The Balaban J connectivity index is 1.61. The third-order valence-electron chi connectivity index (χ3n) is 5.85. The lowest BCUT2D eigenvalue weighted by Gasteiger charge is -2.29. The average molecular weight is 473 g/mol. The van der Waals surface area contributed by atoms with Crippen LogP contribution in [0.2, 0.25) is 0 Å². The molecule has 3 heterocycles. The molecule has 4 aromatic rings. The van der Waals surface area contributed by atoms with Crippen LogP contribution in [0.3, 0.4) is 0 Å². The van der Waals surface area contributed by atoms with Crippen LogP contribution >= 0.6 is 12.2 Å². The number of carbonyl (C=O) groups excluding carboxylic acids is 1. The number of nitrogens with zero attached hydrogens (tertiary/aromatic N) is 3. The zero-order chi connectivity index (χ0) is 23.7. The molecule has 0 saturated carbocycles. The molecular weight excluding hydrogens is 451 g/mol. The van der Waals surface area contributed by atoms with Gasteiger partial charge in [0.05, 0.1) is 24.4 Å². The van der Waals surface area contributed by atoms with E-state index in [1.54, 1.807) is 30.5 Å². The average Bonchev–Trinajstić information content (AvgIpc) is 3.49. The number of thiocarbonyl (C=S) groups is 1. The first-order valence-corrected chi connectivity index (χ1v) is 11.1. The number of nitrogens with one attached hydrogen (secondary N) is 1. The van der Waals surface area contributed by atoms with Crippen molar-refractivity contribution in [3.63, 3.8) is 0 Å². The summed E-state index contributed by atoms with van der Waals surface area (Å²) in [6.07, 6.45) is 3.71. The zero-order valence-electron chi connectivity index (χ0n) is 18.3. The number of hydrogen-bond acceptors (Lipinski definition) is 4. The molecule has 1 aliphatic rings. The Morgan fingerprint density at radius 2 is 1.74 bits per heavy atom. The van der Waals surface area contributed by atoms with Crippen molar-refractivity contribution in [1.29, 1.82) is 0 Å². The second-order valence-electron chi connectivity index (χ2n) is 7.81. The van der Waals surface area contributed by atoms with Crippen LogP contribution in [0, 0.1) is 5.82 Å². The van der Waals surface area contributed by atoms with Crippen molar-refractivity contribution in [2.45, 2.75) is 12.1 Å². The van der Waals surface area contributed by atoms with E-state index in [-0.39, 0.29) is 23.9 Å². The van der Waals surface area contributed by atoms with Gasteiger partial charge in [-0.2, -0.15) is 0 Å². The minimum absolute atomic E-state index is 0.234. The van der Waals surface area contributed by atoms with E-state index in [4.69, 9.17) is 17.0 Å². The number of methoxy groups -OCH3 is 1. The van der Waals surface area contributed by atoms with Crippen LogP contribution in [-0.2, 0) is 4.74 Å². The van der Waals surface area contributed by atoms with Gasteiger partial charge in [-0.3, -0.25) is 4.98 Å². The number of rotatable bonds is 5. The first kappa shape index (κ1) is 21.8. The predicted molar refractivity (Wildman–Crippen MR) is 131 cm³/mol. The van der Waals surface area contributed by atoms with Crippen LogP contribution in [-0.4, -0.2) is 27.7 Å². The molecule has 2 aromatic carbocycles. The van der Waals surface area contributed by atoms with E-state index in [1.807, 2.05) is 58.1 Å². The van der Waals surface area contributed by atoms with Gasteiger partial charge in [0.1, 0.15) is 11.9 Å². The number of aromatic nitrogens is 2. The van der Waals surface area contributed by atoms with Crippen molar-refractivity contribution < 1.29 is 13.9 Å². The van der Waals surface area contributed by atoms with E-state index in [1.165, 1.54) is 19.2 Å². The number of anilines is 1. The molecule has 8 heteroatoms. The molecular formula is C26H21FN4O2S. The quantitative estimate of drug-likeness (QED) is 0.327. The fourth-order valence-corrected chi connectivity index (χ4v) is 4.63. The van der Waals surface area contributed by atoms with E-state index >= 15 is 0 Å². The van der Waals surface area contributed by atoms with E-state index < -0.39 is 0 Å². The van der Waals surface area contributed by atoms with Gasteiger partial charge in [0.2, 0.25) is 0 Å². The number of halogens is 1. The summed E-state index contributed by atoms with van der Waals surface area (Å²) in [6, 6.07) is 22.8. The maximum Gasteiger partial charge on any atom is 0.337 e. The summed E-state index contributed by atoms with van der Waals surface area (Å²) in [7, 11) is 1.36. The van der Waals surface area contributed by atoms with Gasteiger partial charge in [0, 0.05) is 29.5 Å². The van der Waals surface area contributed by atoms with Crippen LogP contribution < -0.4 is 10.2 Å². The van der Waals surface area contributed by atoms with Gasteiger partial charge >= 0.3 is 5.97 Å². The van der Waals surface area contributed by atoms with E-state index in [9.17, 15) is 9.18 Å². The summed E-state index contributed by atoms with van der Waals surface area (Å²) in [6.45, 7) is 0. The van der Waals surface area contributed by atoms with Gasteiger partial charge < -0.3 is 19.5 Å². The summed E-state index contributed by atoms with van der Waals surface area (Å²) in [5.41, 5.74) is 3.93. The topological polar surface area (TPSA) is 59.4 Å². The Kier molecular flexibility index (Phi) is 5.81. The van der Waals surface area contributed by atoms with Crippen LogP contribution in [0.25, 0.3) is 5.69 Å². The van der Waals surface area contributed by atoms with E-state index in [2.05, 4.69) is 10.3 Å². The maximum absolute atomic E-state index is 13.7. The SMILES string of the molecule is COC(=O)c1ccc(-n2cccc2[C@@H]2[C@H](c3ccccn3)NC(=S)N2c2ccc(F)cc2)cc1. The number of pyridine rings is 1. The molecule has 2 atom stereocenters. The van der Waals surface area contributed by atoms with Crippen LogP contribution in [0.15, 0.2) is 91.3 Å². The summed E-state index contributed by atoms with van der Waals surface area (Å²) >= 11 is 5.74. The highest BCUT2D eigenvalue weighted by Gasteiger charge is 2.42. The number of benzene rings is 2. The maximum atomic E-state index is 13.7. The fourth-order valence-electron chi connectivity index (χ4n) is 4.28. The number of ether oxygens (including phenoxy) is 1. The van der Waals surface area contributed by atoms with Gasteiger partial charge in [0.15, 0.2) is 5.11 Å². The third-order valence-corrected chi connectivity index (χ3v) is 6.17. The monoisotopic (exact) mass is 472 g/mol. The lowest BCUT2D eigenvalue weighted by molar-refractivity contribution is 0.0600. The minimum atomic E-state index is -0.387. The molecule has 34 heavy (non-hydrogen) atoms. The zero-order valence-corrected chi connectivity index (χ0v) is 19.1. The number of esters is 1. The molecule has 1 aliphatic heterocycles. The van der Waals surface area contributed by atoms with Gasteiger partial charge in [-0.1, -0.05) is 6.07 Å². The first-order chi connectivity index (χ1) is 16.6. The third kappa shape index (κ3) is 3.92. The number of carbonyl (C=O) groups is 1. The fraction of sp³-hybridized carbons (Fsp3) is 0.115. The predicted octanol–water partition coefficient (Wildman–Crippen LogP) is 4.98.